The number of hydrogen-bond acceptors (Lipinski definition) is 7. The van der Waals surface area contributed by atoms with E-state index in [9.17, 15) is 19.0 Å². The minimum Gasteiger partial charge on any atom is -0.462 e. The molecule has 0 saturated heterocycles. The second-order valence-corrected chi connectivity index (χ2v) is 28.9. The van der Waals surface area contributed by atoms with Crippen LogP contribution in [0.1, 0.15) is 412 Å². The number of hydrogen-bond donors (Lipinski definition) is 1. The summed E-state index contributed by atoms with van der Waals surface area (Å²) in [7, 11) is 1.51. The van der Waals surface area contributed by atoms with E-state index in [0.717, 1.165) is 38.5 Å². The molecular formula is C74H149NO8P+. The van der Waals surface area contributed by atoms with E-state index in [1.165, 1.54) is 347 Å². The molecule has 0 heterocycles. The molecule has 502 valence electrons. The largest absolute Gasteiger partial charge is 0.472 e. The highest BCUT2D eigenvalue weighted by Gasteiger charge is 2.27. The van der Waals surface area contributed by atoms with Crippen LogP contribution >= 0.6 is 7.82 Å². The molecule has 84 heavy (non-hydrogen) atoms. The lowest BCUT2D eigenvalue weighted by Crippen LogP contribution is -2.37. The number of carbonyl (C=O) groups excluding carboxylic acids is 2. The van der Waals surface area contributed by atoms with E-state index in [-0.39, 0.29) is 25.6 Å². The average molecular weight is 1210 g/mol. The van der Waals surface area contributed by atoms with Gasteiger partial charge in [0, 0.05) is 12.8 Å². The fraction of sp³-hybridized carbons (Fsp3) is 0.973. The van der Waals surface area contributed by atoms with Crippen molar-refractivity contribution in [2.24, 2.45) is 0 Å². The number of nitrogens with zero attached hydrogens (tertiary/aromatic N) is 1. The molecule has 2 atom stereocenters. The smallest absolute Gasteiger partial charge is 0.462 e. The van der Waals surface area contributed by atoms with E-state index < -0.39 is 26.5 Å². The third-order valence-corrected chi connectivity index (χ3v) is 18.6. The number of likely N-dealkylation sites (N-methyl/N-ethyl adjacent to an activating group) is 1. The van der Waals surface area contributed by atoms with Gasteiger partial charge in [0.1, 0.15) is 19.8 Å². The lowest BCUT2D eigenvalue weighted by Gasteiger charge is -2.24. The molecule has 0 rings (SSSR count). The van der Waals surface area contributed by atoms with Gasteiger partial charge in [0.2, 0.25) is 0 Å². The Kier molecular flexibility index (Phi) is 65.6. The zero-order chi connectivity index (χ0) is 61.2. The first-order valence-electron chi connectivity index (χ1n) is 37.8. The van der Waals surface area contributed by atoms with Gasteiger partial charge in [0.15, 0.2) is 6.10 Å². The summed E-state index contributed by atoms with van der Waals surface area (Å²) in [6.45, 7) is 4.54. The molecule has 9 nitrogen and oxygen atoms in total. The van der Waals surface area contributed by atoms with E-state index in [0.29, 0.717) is 17.4 Å². The third-order valence-electron chi connectivity index (χ3n) is 17.6. The summed E-state index contributed by atoms with van der Waals surface area (Å²) < 4.78 is 34.8. The molecule has 0 aromatic rings. The molecule has 0 spiro atoms. The first-order chi connectivity index (χ1) is 41.0. The number of esters is 2. The summed E-state index contributed by atoms with van der Waals surface area (Å²) in [6, 6.07) is 0. The van der Waals surface area contributed by atoms with E-state index in [4.69, 9.17) is 18.5 Å². The maximum atomic E-state index is 12.9. The fourth-order valence-corrected chi connectivity index (χ4v) is 12.6. The number of unbranched alkanes of at least 4 members (excludes halogenated alkanes) is 58. The zero-order valence-electron chi connectivity index (χ0n) is 57.4. The predicted molar refractivity (Wildman–Crippen MR) is 363 cm³/mol. The molecule has 0 aliphatic heterocycles. The maximum Gasteiger partial charge on any atom is 0.472 e. The second kappa shape index (κ2) is 66.4. The van der Waals surface area contributed by atoms with Crippen molar-refractivity contribution < 1.29 is 42.1 Å². The lowest BCUT2D eigenvalue weighted by atomic mass is 10.0. The van der Waals surface area contributed by atoms with Crippen molar-refractivity contribution in [3.63, 3.8) is 0 Å². The summed E-state index contributed by atoms with van der Waals surface area (Å²) >= 11 is 0. The van der Waals surface area contributed by atoms with Crippen LogP contribution in [0, 0.1) is 0 Å². The van der Waals surface area contributed by atoms with Crippen LogP contribution in [-0.4, -0.2) is 74.9 Å². The normalized spacial score (nSPS) is 13.0. The Bertz CT molecular complexity index is 1370. The summed E-state index contributed by atoms with van der Waals surface area (Å²) in [5.41, 5.74) is 0. The summed E-state index contributed by atoms with van der Waals surface area (Å²) in [5, 5.41) is 0. The molecule has 2 unspecified atom stereocenters. The van der Waals surface area contributed by atoms with Gasteiger partial charge in [-0.05, 0) is 12.8 Å². The van der Waals surface area contributed by atoms with Crippen LogP contribution in [0.2, 0.25) is 0 Å². The van der Waals surface area contributed by atoms with Gasteiger partial charge in [-0.15, -0.1) is 0 Å². The first kappa shape index (κ1) is 83.0. The minimum atomic E-state index is -4.39. The van der Waals surface area contributed by atoms with E-state index in [1.807, 2.05) is 21.1 Å². The zero-order valence-corrected chi connectivity index (χ0v) is 58.3. The Hall–Kier alpha value is -0.990. The average Bonchev–Trinajstić information content (AvgIpc) is 3.61. The van der Waals surface area contributed by atoms with Crippen LogP contribution in [0.15, 0.2) is 0 Å². The van der Waals surface area contributed by atoms with Gasteiger partial charge in [-0.1, -0.05) is 386 Å². The first-order valence-corrected chi connectivity index (χ1v) is 39.3. The predicted octanol–water partition coefficient (Wildman–Crippen LogP) is 24.5. The molecule has 0 amide bonds. The van der Waals surface area contributed by atoms with Crippen LogP contribution in [0.3, 0.4) is 0 Å². The van der Waals surface area contributed by atoms with Crippen molar-refractivity contribution in [3.8, 4) is 0 Å². The van der Waals surface area contributed by atoms with Crippen LogP contribution in [-0.2, 0) is 32.7 Å². The third kappa shape index (κ3) is 70.1. The Morgan fingerprint density at radius 1 is 0.321 bits per heavy atom. The molecule has 0 aromatic carbocycles. The molecule has 0 aromatic heterocycles. The van der Waals surface area contributed by atoms with Crippen molar-refractivity contribution in [2.75, 3.05) is 47.5 Å². The molecule has 0 saturated carbocycles. The lowest BCUT2D eigenvalue weighted by molar-refractivity contribution is -0.870. The Morgan fingerprint density at radius 2 is 0.536 bits per heavy atom. The van der Waals surface area contributed by atoms with Crippen LogP contribution < -0.4 is 0 Å². The quantitative estimate of drug-likeness (QED) is 0.0278. The van der Waals surface area contributed by atoms with Crippen molar-refractivity contribution in [2.45, 2.75) is 418 Å². The fourth-order valence-electron chi connectivity index (χ4n) is 11.8. The van der Waals surface area contributed by atoms with Gasteiger partial charge in [-0.2, -0.15) is 0 Å². The highest BCUT2D eigenvalue weighted by Crippen LogP contribution is 2.43. The molecule has 0 aliphatic carbocycles. The molecule has 0 bridgehead atoms. The molecular weight excluding hydrogens is 1060 g/mol. The van der Waals surface area contributed by atoms with Crippen molar-refractivity contribution in [3.05, 3.63) is 0 Å². The van der Waals surface area contributed by atoms with Crippen LogP contribution in [0.25, 0.3) is 0 Å². The number of phosphoric acid groups is 1. The molecule has 0 radical (unpaired) electrons. The SMILES string of the molecule is CCCCCCCCCCCCCCCCCCCCCCCCCCCCCCCCCCCCCCC(=O)OC(COC(=O)CCCCCCCCCCCCCCCCCCCCCCCCCC)COP(=O)(O)OCC[N+](C)(C)C. The number of phosphoric ester groups is 1. The van der Waals surface area contributed by atoms with Crippen molar-refractivity contribution in [1.29, 1.82) is 0 Å². The Labute approximate surface area is 524 Å². The van der Waals surface area contributed by atoms with E-state index in [1.54, 1.807) is 0 Å². The minimum absolute atomic E-state index is 0.0378. The summed E-state index contributed by atoms with van der Waals surface area (Å²) in [4.78, 5) is 35.9. The number of ether oxygens (including phenoxy) is 2. The standard InChI is InChI=1S/C74H148NO8P/c1-6-8-10-12-14-16-18-20-22-24-26-28-30-32-33-34-35-36-37-38-39-40-41-42-43-45-47-49-51-53-55-57-59-61-63-65-67-74(77)83-72(71-82-84(78,79)81-69-68-75(3,4)5)70-80-73(76)66-64-62-60-58-56-54-52-50-48-46-44-31-29-27-25-23-21-19-17-15-13-11-9-7-2/h72H,6-71H2,1-5H3/p+1. The maximum absolute atomic E-state index is 12.9. The molecule has 10 heteroatoms. The highest BCUT2D eigenvalue weighted by atomic mass is 31.2. The van der Waals surface area contributed by atoms with E-state index in [2.05, 4.69) is 13.8 Å². The van der Waals surface area contributed by atoms with Gasteiger partial charge in [-0.25, -0.2) is 4.57 Å². The second-order valence-electron chi connectivity index (χ2n) is 27.4. The van der Waals surface area contributed by atoms with Gasteiger partial charge >= 0.3 is 19.8 Å². The Balaban J connectivity index is 3.90. The van der Waals surface area contributed by atoms with Crippen molar-refractivity contribution >= 4 is 19.8 Å². The molecule has 0 fully saturated rings. The molecule has 0 aliphatic rings. The summed E-state index contributed by atoms with van der Waals surface area (Å²) in [5.74, 6) is -0.766. The van der Waals surface area contributed by atoms with Crippen LogP contribution in [0.5, 0.6) is 0 Å². The Morgan fingerprint density at radius 3 is 0.762 bits per heavy atom. The number of rotatable bonds is 72. The van der Waals surface area contributed by atoms with Gasteiger partial charge in [0.25, 0.3) is 0 Å². The topological polar surface area (TPSA) is 108 Å². The van der Waals surface area contributed by atoms with Gasteiger partial charge < -0.3 is 18.9 Å². The molecule has 1 N–H and O–H groups in total. The number of carbonyl (C=O) groups is 2. The van der Waals surface area contributed by atoms with E-state index >= 15 is 0 Å². The van der Waals surface area contributed by atoms with Gasteiger partial charge in [0.05, 0.1) is 27.7 Å². The van der Waals surface area contributed by atoms with Crippen LogP contribution in [0.4, 0.5) is 0 Å². The summed E-state index contributed by atoms with van der Waals surface area (Å²) in [6.07, 6.45) is 81.0. The highest BCUT2D eigenvalue weighted by molar-refractivity contribution is 7.47. The van der Waals surface area contributed by atoms with Crippen molar-refractivity contribution in [1.82, 2.24) is 0 Å². The van der Waals surface area contributed by atoms with Gasteiger partial charge in [-0.3, -0.25) is 18.6 Å². The monoisotopic (exact) mass is 1210 g/mol. The number of quaternary nitrogens is 1.